The normalized spacial score (nSPS) is 21.0. The molecule has 0 unspecified atom stereocenters. The zero-order chi connectivity index (χ0) is 17.2. The van der Waals surface area contributed by atoms with Crippen molar-refractivity contribution in [3.8, 4) is 10.6 Å². The highest BCUT2D eigenvalue weighted by molar-refractivity contribution is 7.13. The third-order valence-electron chi connectivity index (χ3n) is 4.86. The molecule has 2 aromatic rings. The van der Waals surface area contributed by atoms with E-state index in [4.69, 9.17) is 4.42 Å². The second-order valence-corrected chi connectivity index (χ2v) is 7.37. The molecule has 1 atom stereocenters. The summed E-state index contributed by atoms with van der Waals surface area (Å²) in [5, 5.41) is 4.90. The van der Waals surface area contributed by atoms with Crippen LogP contribution in [0.3, 0.4) is 0 Å². The lowest BCUT2D eigenvalue weighted by Gasteiger charge is -2.43. The molecular weight excluding hydrogens is 338 g/mol. The van der Waals surface area contributed by atoms with Crippen LogP contribution in [0.15, 0.2) is 34.1 Å². The summed E-state index contributed by atoms with van der Waals surface area (Å²) in [4.78, 5) is 29.6. The van der Waals surface area contributed by atoms with Crippen molar-refractivity contribution >= 4 is 23.2 Å². The fourth-order valence-corrected chi connectivity index (χ4v) is 4.14. The average Bonchev–Trinajstić information content (AvgIpc) is 3.31. The van der Waals surface area contributed by atoms with Crippen molar-refractivity contribution < 1.29 is 14.0 Å². The maximum absolute atomic E-state index is 12.5. The van der Waals surface area contributed by atoms with Gasteiger partial charge in [-0.1, -0.05) is 6.07 Å². The number of furan rings is 1. The molecular formula is C18H21N3O3S. The van der Waals surface area contributed by atoms with Crippen molar-refractivity contribution in [2.24, 2.45) is 0 Å². The molecule has 0 bridgehead atoms. The summed E-state index contributed by atoms with van der Waals surface area (Å²) >= 11 is 1.64. The predicted molar refractivity (Wildman–Crippen MR) is 95.3 cm³/mol. The summed E-state index contributed by atoms with van der Waals surface area (Å²) < 4.78 is 5.84. The van der Waals surface area contributed by atoms with Gasteiger partial charge in [-0.05, 0) is 23.6 Å². The van der Waals surface area contributed by atoms with Crippen LogP contribution in [0.2, 0.25) is 0 Å². The first-order valence-electron chi connectivity index (χ1n) is 8.63. The zero-order valence-corrected chi connectivity index (χ0v) is 14.8. The molecule has 7 heteroatoms. The maximum atomic E-state index is 12.5. The number of hydrogen-bond donors (Lipinski definition) is 1. The van der Waals surface area contributed by atoms with E-state index in [0.29, 0.717) is 32.5 Å². The fourth-order valence-electron chi connectivity index (χ4n) is 3.46. The predicted octanol–water partition coefficient (Wildman–Crippen LogP) is 1.58. The van der Waals surface area contributed by atoms with Crippen molar-refractivity contribution in [3.63, 3.8) is 0 Å². The Balaban J connectivity index is 1.32. The molecule has 2 amide bonds. The summed E-state index contributed by atoms with van der Waals surface area (Å²) in [6.45, 7) is 3.53. The Hall–Kier alpha value is -2.12. The van der Waals surface area contributed by atoms with E-state index in [2.05, 4.69) is 10.2 Å². The lowest BCUT2D eigenvalue weighted by Crippen LogP contribution is -2.64. The first kappa shape index (κ1) is 16.4. The number of thiophene rings is 1. The van der Waals surface area contributed by atoms with Crippen LogP contribution in [-0.4, -0.2) is 60.4 Å². The molecule has 0 aromatic carbocycles. The first-order chi connectivity index (χ1) is 12.2. The second kappa shape index (κ2) is 7.01. The van der Waals surface area contributed by atoms with Gasteiger partial charge in [0, 0.05) is 45.6 Å². The van der Waals surface area contributed by atoms with Crippen molar-refractivity contribution in [2.45, 2.75) is 18.9 Å². The monoisotopic (exact) mass is 359 g/mol. The molecule has 4 heterocycles. The molecule has 2 aliphatic heterocycles. The number of nitrogens with one attached hydrogen (secondary N) is 1. The topological polar surface area (TPSA) is 65.8 Å². The van der Waals surface area contributed by atoms with E-state index in [9.17, 15) is 9.59 Å². The van der Waals surface area contributed by atoms with E-state index in [1.807, 2.05) is 34.5 Å². The van der Waals surface area contributed by atoms with Crippen LogP contribution >= 0.6 is 11.3 Å². The van der Waals surface area contributed by atoms with Gasteiger partial charge in [0.25, 0.3) is 0 Å². The lowest BCUT2D eigenvalue weighted by atomic mass is 10.1. The number of fused-ring (bicyclic) bond motifs is 1. The van der Waals surface area contributed by atoms with Gasteiger partial charge in [0.2, 0.25) is 11.8 Å². The molecule has 1 N–H and O–H groups in total. The Labute approximate surface area is 150 Å². The Bertz CT molecular complexity index is 755. The minimum absolute atomic E-state index is 0.0374. The van der Waals surface area contributed by atoms with Gasteiger partial charge >= 0.3 is 0 Å². The SMILES string of the molecule is O=C1NCCN2CCN(C(=O)CCc3ccc(-c4cccs4)o3)C[C@@H]12. The molecule has 2 fully saturated rings. The molecule has 6 nitrogen and oxygen atoms in total. The summed E-state index contributed by atoms with van der Waals surface area (Å²) in [6, 6.07) is 7.71. The second-order valence-electron chi connectivity index (χ2n) is 6.43. The Morgan fingerprint density at radius 3 is 3.04 bits per heavy atom. The standard InChI is InChI=1S/C18H21N3O3S/c22-17(21-10-9-20-8-7-19-18(23)14(20)12-21)6-4-13-3-5-15(24-13)16-2-1-11-25-16/h1-3,5,11,14H,4,6-10,12H2,(H,19,23)/t14-/m0/s1. The molecule has 132 valence electrons. The van der Waals surface area contributed by atoms with Crippen LogP contribution in [0, 0.1) is 0 Å². The first-order valence-corrected chi connectivity index (χ1v) is 9.51. The van der Waals surface area contributed by atoms with Gasteiger partial charge < -0.3 is 14.6 Å². The largest absolute Gasteiger partial charge is 0.460 e. The van der Waals surface area contributed by atoms with Gasteiger partial charge in [-0.25, -0.2) is 0 Å². The molecule has 0 saturated carbocycles. The van der Waals surface area contributed by atoms with Gasteiger partial charge in [0.05, 0.1) is 4.88 Å². The van der Waals surface area contributed by atoms with Gasteiger partial charge in [-0.3, -0.25) is 14.5 Å². The highest BCUT2D eigenvalue weighted by Gasteiger charge is 2.36. The number of carbonyl (C=O) groups is 2. The summed E-state index contributed by atoms with van der Waals surface area (Å²) in [6.07, 6.45) is 0.993. The van der Waals surface area contributed by atoms with Crippen LogP contribution in [0.25, 0.3) is 10.6 Å². The third-order valence-corrected chi connectivity index (χ3v) is 5.74. The van der Waals surface area contributed by atoms with Gasteiger partial charge in [0.15, 0.2) is 0 Å². The Morgan fingerprint density at radius 1 is 1.28 bits per heavy atom. The third kappa shape index (κ3) is 3.48. The zero-order valence-electron chi connectivity index (χ0n) is 13.9. The van der Waals surface area contributed by atoms with E-state index < -0.39 is 0 Å². The number of carbonyl (C=O) groups excluding carboxylic acids is 2. The van der Waals surface area contributed by atoms with Crippen LogP contribution in [-0.2, 0) is 16.0 Å². The van der Waals surface area contributed by atoms with Crippen LogP contribution in [0.4, 0.5) is 0 Å². The minimum Gasteiger partial charge on any atom is -0.460 e. The molecule has 2 aromatic heterocycles. The van der Waals surface area contributed by atoms with Crippen molar-refractivity contribution in [3.05, 3.63) is 35.4 Å². The molecule has 2 aliphatic rings. The lowest BCUT2D eigenvalue weighted by molar-refractivity contribution is -0.140. The van der Waals surface area contributed by atoms with Crippen molar-refractivity contribution in [2.75, 3.05) is 32.7 Å². The summed E-state index contributed by atoms with van der Waals surface area (Å²) in [7, 11) is 0. The molecule has 25 heavy (non-hydrogen) atoms. The van der Waals surface area contributed by atoms with E-state index >= 15 is 0 Å². The molecule has 4 rings (SSSR count). The molecule has 0 radical (unpaired) electrons. The van der Waals surface area contributed by atoms with Crippen LogP contribution < -0.4 is 5.32 Å². The fraction of sp³-hybridized carbons (Fsp3) is 0.444. The van der Waals surface area contributed by atoms with E-state index in [0.717, 1.165) is 29.5 Å². The van der Waals surface area contributed by atoms with Gasteiger partial charge in [0.1, 0.15) is 17.6 Å². The summed E-state index contributed by atoms with van der Waals surface area (Å²) in [5.41, 5.74) is 0. The quantitative estimate of drug-likeness (QED) is 0.900. The number of aryl methyl sites for hydroxylation is 1. The van der Waals surface area contributed by atoms with Gasteiger partial charge in [-0.15, -0.1) is 11.3 Å². The smallest absolute Gasteiger partial charge is 0.239 e. The number of nitrogens with zero attached hydrogens (tertiary/aromatic N) is 2. The average molecular weight is 359 g/mol. The number of hydrogen-bond acceptors (Lipinski definition) is 5. The van der Waals surface area contributed by atoms with E-state index in [1.54, 1.807) is 11.3 Å². The van der Waals surface area contributed by atoms with Crippen LogP contribution in [0.5, 0.6) is 0 Å². The summed E-state index contributed by atoms with van der Waals surface area (Å²) in [5.74, 6) is 1.80. The minimum atomic E-state index is -0.194. The van der Waals surface area contributed by atoms with E-state index in [1.165, 1.54) is 0 Å². The molecule has 0 aliphatic carbocycles. The number of amides is 2. The van der Waals surface area contributed by atoms with Crippen molar-refractivity contribution in [1.82, 2.24) is 15.1 Å². The maximum Gasteiger partial charge on any atom is 0.239 e. The molecule has 2 saturated heterocycles. The van der Waals surface area contributed by atoms with Gasteiger partial charge in [-0.2, -0.15) is 0 Å². The van der Waals surface area contributed by atoms with Crippen molar-refractivity contribution in [1.29, 1.82) is 0 Å². The highest BCUT2D eigenvalue weighted by atomic mass is 32.1. The van der Waals surface area contributed by atoms with Crippen LogP contribution in [0.1, 0.15) is 12.2 Å². The highest BCUT2D eigenvalue weighted by Crippen LogP contribution is 2.27. The van der Waals surface area contributed by atoms with E-state index in [-0.39, 0.29) is 17.9 Å². The number of rotatable bonds is 4. The number of piperazine rings is 2. The Kier molecular flexibility index (Phi) is 4.59. The molecule has 0 spiro atoms. The Morgan fingerprint density at radius 2 is 2.20 bits per heavy atom.